The highest BCUT2D eigenvalue weighted by atomic mass is 127. The van der Waals surface area contributed by atoms with E-state index >= 15 is 0 Å². The van der Waals surface area contributed by atoms with Crippen LogP contribution in [0.1, 0.15) is 12.5 Å². The zero-order valence-electron chi connectivity index (χ0n) is 12.0. The minimum atomic E-state index is -1.11. The summed E-state index contributed by atoms with van der Waals surface area (Å²) in [5.74, 6) is -0.227. The van der Waals surface area contributed by atoms with Crippen molar-refractivity contribution in [2.75, 3.05) is 5.73 Å². The first-order valence-electron chi connectivity index (χ1n) is 6.55. The summed E-state index contributed by atoms with van der Waals surface area (Å²) in [7, 11) is 0. The van der Waals surface area contributed by atoms with Crippen LogP contribution in [0.25, 0.3) is 11.0 Å². The highest BCUT2D eigenvalue weighted by Gasteiger charge is 2.34. The van der Waals surface area contributed by atoms with Crippen LogP contribution in [0.3, 0.4) is 0 Å². The Morgan fingerprint density at radius 1 is 1.42 bits per heavy atom. The van der Waals surface area contributed by atoms with E-state index in [2.05, 4.69) is 20.9 Å². The SMILES string of the molecule is C[C@](I)(Oc1c(N)ncc2c(Br)coc12)c1c(Cl)ccc(F)c1Cl. The molecule has 0 bridgehead atoms. The van der Waals surface area contributed by atoms with E-state index in [0.717, 1.165) is 0 Å². The summed E-state index contributed by atoms with van der Waals surface area (Å²) in [4.78, 5) is 4.10. The molecule has 0 spiro atoms. The van der Waals surface area contributed by atoms with Gasteiger partial charge in [0.15, 0.2) is 15.0 Å². The van der Waals surface area contributed by atoms with Gasteiger partial charge < -0.3 is 14.9 Å². The van der Waals surface area contributed by atoms with Gasteiger partial charge in [-0.2, -0.15) is 0 Å². The molecule has 0 aliphatic heterocycles. The molecule has 0 radical (unpaired) electrons. The molecule has 0 unspecified atom stereocenters. The van der Waals surface area contributed by atoms with Gasteiger partial charge in [0, 0.05) is 11.8 Å². The largest absolute Gasteiger partial charge is 0.465 e. The summed E-state index contributed by atoms with van der Waals surface area (Å²) in [5.41, 5.74) is 6.65. The van der Waals surface area contributed by atoms with Gasteiger partial charge in [-0.3, -0.25) is 0 Å². The fourth-order valence-electron chi connectivity index (χ4n) is 2.23. The van der Waals surface area contributed by atoms with Crippen molar-refractivity contribution < 1.29 is 13.5 Å². The van der Waals surface area contributed by atoms with Crippen LogP contribution in [0.2, 0.25) is 10.0 Å². The first-order valence-corrected chi connectivity index (χ1v) is 9.18. The van der Waals surface area contributed by atoms with Crippen molar-refractivity contribution in [2.24, 2.45) is 0 Å². The number of ether oxygens (including phenoxy) is 1. The Hall–Kier alpha value is -0.770. The standard InChI is InChI=1S/C15H9BrCl2FIN2O2/c1-15(20,10-8(17)2-3-9(19)11(10)18)24-13-12-6(4-22-14(13)21)7(16)5-23-12/h2-5H,1H3,(H2,21,22)/t15-/m0/s1. The second kappa shape index (κ2) is 6.51. The van der Waals surface area contributed by atoms with E-state index in [4.69, 9.17) is 38.1 Å². The first-order chi connectivity index (χ1) is 11.2. The number of aromatic nitrogens is 1. The number of halogens is 5. The number of nitrogens with zero attached hydrogens (tertiary/aromatic N) is 1. The van der Waals surface area contributed by atoms with Crippen LogP contribution in [0.5, 0.6) is 5.75 Å². The van der Waals surface area contributed by atoms with Crippen LogP contribution in [0.4, 0.5) is 10.2 Å². The third-order valence-corrected chi connectivity index (χ3v) is 5.40. The molecule has 24 heavy (non-hydrogen) atoms. The summed E-state index contributed by atoms with van der Waals surface area (Å²) in [6.07, 6.45) is 3.07. The van der Waals surface area contributed by atoms with Crippen LogP contribution in [0.15, 0.2) is 33.5 Å². The third kappa shape index (κ3) is 3.07. The fraction of sp³-hybridized carbons (Fsp3) is 0.133. The van der Waals surface area contributed by atoms with Crippen LogP contribution >= 0.6 is 61.7 Å². The predicted molar refractivity (Wildman–Crippen MR) is 105 cm³/mol. The Labute approximate surface area is 168 Å². The molecule has 3 rings (SSSR count). The molecular weight excluding hydrogens is 537 g/mol. The van der Waals surface area contributed by atoms with E-state index in [0.29, 0.717) is 21.0 Å². The maximum Gasteiger partial charge on any atom is 0.206 e. The normalized spacial score (nSPS) is 13.9. The molecule has 1 atom stereocenters. The number of nitrogens with two attached hydrogens (primary N) is 1. The van der Waals surface area contributed by atoms with Crippen molar-refractivity contribution in [3.8, 4) is 5.75 Å². The minimum absolute atomic E-state index is 0.112. The Bertz CT molecular complexity index is 949. The number of hydrogen-bond acceptors (Lipinski definition) is 4. The van der Waals surface area contributed by atoms with Gasteiger partial charge in [0.2, 0.25) is 5.75 Å². The lowest BCUT2D eigenvalue weighted by Crippen LogP contribution is -2.23. The third-order valence-electron chi connectivity index (χ3n) is 3.34. The van der Waals surface area contributed by atoms with Crippen LogP contribution < -0.4 is 10.5 Å². The topological polar surface area (TPSA) is 61.3 Å². The molecule has 3 aromatic rings. The fourth-order valence-corrected chi connectivity index (χ4v) is 4.44. The van der Waals surface area contributed by atoms with Gasteiger partial charge >= 0.3 is 0 Å². The molecule has 0 saturated heterocycles. The van der Waals surface area contributed by atoms with E-state index in [9.17, 15) is 4.39 Å². The summed E-state index contributed by atoms with van der Waals surface area (Å²) in [6.45, 7) is 1.69. The molecule has 2 heterocycles. The molecule has 1 aromatic carbocycles. The number of benzene rings is 1. The number of pyridine rings is 1. The second-order valence-corrected chi connectivity index (χ2v) is 8.73. The van der Waals surface area contributed by atoms with E-state index < -0.39 is 9.43 Å². The lowest BCUT2D eigenvalue weighted by Gasteiger charge is -2.27. The average molecular weight is 546 g/mol. The molecule has 9 heteroatoms. The molecule has 2 N–H and O–H groups in total. The van der Waals surface area contributed by atoms with Crippen molar-refractivity contribution in [3.63, 3.8) is 0 Å². The van der Waals surface area contributed by atoms with Gasteiger partial charge in [0.1, 0.15) is 12.1 Å². The molecule has 0 amide bonds. The smallest absolute Gasteiger partial charge is 0.206 e. The summed E-state index contributed by atoms with van der Waals surface area (Å²) < 4.78 is 25.0. The molecule has 0 fully saturated rings. The number of rotatable bonds is 3. The van der Waals surface area contributed by atoms with Crippen LogP contribution in [0, 0.1) is 5.82 Å². The van der Waals surface area contributed by atoms with Gasteiger partial charge in [0.05, 0.1) is 19.9 Å². The van der Waals surface area contributed by atoms with E-state index in [1.54, 1.807) is 13.1 Å². The highest BCUT2D eigenvalue weighted by molar-refractivity contribution is 14.1. The summed E-state index contributed by atoms with van der Waals surface area (Å²) >= 11 is 17.6. The van der Waals surface area contributed by atoms with Crippen molar-refractivity contribution in [2.45, 2.75) is 10.5 Å². The van der Waals surface area contributed by atoms with E-state index in [1.165, 1.54) is 18.4 Å². The van der Waals surface area contributed by atoms with Crippen LogP contribution in [-0.4, -0.2) is 4.98 Å². The number of furan rings is 1. The minimum Gasteiger partial charge on any atom is -0.465 e. The molecule has 4 nitrogen and oxygen atoms in total. The number of hydrogen-bond donors (Lipinski definition) is 1. The molecule has 0 aliphatic carbocycles. The zero-order valence-corrected chi connectivity index (χ0v) is 17.3. The molecule has 126 valence electrons. The van der Waals surface area contributed by atoms with E-state index in [-0.39, 0.29) is 21.6 Å². The number of fused-ring (bicyclic) bond motifs is 1. The Balaban J connectivity index is 2.14. The van der Waals surface area contributed by atoms with E-state index in [1.807, 2.05) is 22.6 Å². The average Bonchev–Trinajstić information content (AvgIpc) is 2.88. The highest BCUT2D eigenvalue weighted by Crippen LogP contribution is 2.46. The monoisotopic (exact) mass is 544 g/mol. The number of alkyl halides is 1. The van der Waals surface area contributed by atoms with Crippen molar-refractivity contribution in [1.82, 2.24) is 4.98 Å². The molecule has 0 saturated carbocycles. The quantitative estimate of drug-likeness (QED) is 0.238. The van der Waals surface area contributed by atoms with Crippen molar-refractivity contribution in [3.05, 3.63) is 50.5 Å². The Kier molecular flexibility index (Phi) is 4.89. The summed E-state index contributed by atoms with van der Waals surface area (Å²) in [6, 6.07) is 2.62. The van der Waals surface area contributed by atoms with Gasteiger partial charge in [-0.1, -0.05) is 23.2 Å². The van der Waals surface area contributed by atoms with Gasteiger partial charge in [-0.05, 0) is 57.6 Å². The second-order valence-electron chi connectivity index (χ2n) is 5.04. The Morgan fingerprint density at radius 3 is 2.83 bits per heavy atom. The number of anilines is 1. The predicted octanol–water partition coefficient (Wildman–Crippen LogP) is 6.31. The van der Waals surface area contributed by atoms with Gasteiger partial charge in [-0.15, -0.1) is 0 Å². The molecule has 2 aromatic heterocycles. The van der Waals surface area contributed by atoms with Gasteiger partial charge in [0.25, 0.3) is 0 Å². The number of nitrogen functional groups attached to an aromatic ring is 1. The zero-order chi connectivity index (χ0) is 17.6. The maximum atomic E-state index is 13.9. The lowest BCUT2D eigenvalue weighted by molar-refractivity contribution is 0.208. The van der Waals surface area contributed by atoms with Crippen molar-refractivity contribution in [1.29, 1.82) is 0 Å². The summed E-state index contributed by atoms with van der Waals surface area (Å²) in [5, 5.41) is 0.860. The van der Waals surface area contributed by atoms with Gasteiger partial charge in [-0.25, -0.2) is 9.37 Å². The first kappa shape index (κ1) is 18.0. The lowest BCUT2D eigenvalue weighted by atomic mass is 10.1. The maximum absolute atomic E-state index is 13.9. The van der Waals surface area contributed by atoms with Crippen LogP contribution in [-0.2, 0) is 3.61 Å². The van der Waals surface area contributed by atoms with Crippen molar-refractivity contribution >= 4 is 78.5 Å². The molecular formula is C15H9BrCl2FIN2O2. The molecule has 0 aliphatic rings. The Morgan fingerprint density at radius 2 is 2.12 bits per heavy atom.